The van der Waals surface area contributed by atoms with Crippen LogP contribution in [0.3, 0.4) is 0 Å². The highest BCUT2D eigenvalue weighted by Gasteiger charge is 2.37. The Bertz CT molecular complexity index is 740. The average molecular weight is 309 g/mol. The molecule has 0 spiro atoms. The Morgan fingerprint density at radius 3 is 2.09 bits per heavy atom. The van der Waals surface area contributed by atoms with Crippen molar-refractivity contribution in [1.29, 1.82) is 0 Å². The van der Waals surface area contributed by atoms with Gasteiger partial charge in [-0.1, -0.05) is 30.3 Å². The summed E-state index contributed by atoms with van der Waals surface area (Å²) in [5, 5.41) is 8.96. The minimum atomic E-state index is -4.83. The van der Waals surface area contributed by atoms with Crippen molar-refractivity contribution in [2.45, 2.75) is 6.18 Å². The number of anilines is 1. The Hall–Kier alpha value is -2.83. The molecule has 2 rings (SSSR count). The van der Waals surface area contributed by atoms with E-state index < -0.39 is 40.3 Å². The second-order valence-corrected chi connectivity index (χ2v) is 4.45. The summed E-state index contributed by atoms with van der Waals surface area (Å²) in [5.41, 5.74) is 2.15. The zero-order valence-electron chi connectivity index (χ0n) is 11.0. The minimum Gasteiger partial charge on any atom is -0.478 e. The summed E-state index contributed by atoms with van der Waals surface area (Å²) in [5.74, 6) is -2.48. The lowest BCUT2D eigenvalue weighted by Gasteiger charge is -2.15. The fraction of sp³-hybridized carbons (Fsp3) is 0.0667. The lowest BCUT2D eigenvalue weighted by molar-refractivity contribution is -0.137. The van der Waals surface area contributed by atoms with Crippen molar-refractivity contribution in [2.75, 3.05) is 5.73 Å². The Morgan fingerprint density at radius 2 is 1.59 bits per heavy atom. The van der Waals surface area contributed by atoms with E-state index in [1.807, 2.05) is 0 Å². The Morgan fingerprint density at radius 1 is 1.00 bits per heavy atom. The summed E-state index contributed by atoms with van der Waals surface area (Å²) in [6.45, 7) is 0. The molecule has 4 nitrogen and oxygen atoms in total. The first-order chi connectivity index (χ1) is 10.2. The molecular formula is C15H10F3NO3. The molecule has 2 aromatic rings. The first kappa shape index (κ1) is 15.6. The van der Waals surface area contributed by atoms with Crippen LogP contribution in [-0.4, -0.2) is 16.9 Å². The van der Waals surface area contributed by atoms with Crippen LogP contribution in [0.5, 0.6) is 0 Å². The van der Waals surface area contributed by atoms with Gasteiger partial charge < -0.3 is 10.8 Å². The molecule has 0 atom stereocenters. The van der Waals surface area contributed by atoms with E-state index in [2.05, 4.69) is 0 Å². The predicted octanol–water partition coefficient (Wildman–Crippen LogP) is 3.22. The number of aromatic carboxylic acids is 1. The van der Waals surface area contributed by atoms with Gasteiger partial charge in [0.15, 0.2) is 5.78 Å². The molecule has 0 amide bonds. The molecule has 0 saturated heterocycles. The molecule has 22 heavy (non-hydrogen) atoms. The SMILES string of the molecule is Nc1c(C(=O)O)ccc(C(F)(F)F)c1C(=O)c1ccccc1. The zero-order chi connectivity index (χ0) is 16.5. The van der Waals surface area contributed by atoms with Gasteiger partial charge in [0.25, 0.3) is 0 Å². The van der Waals surface area contributed by atoms with Crippen LogP contribution >= 0.6 is 0 Å². The van der Waals surface area contributed by atoms with Gasteiger partial charge in [0.2, 0.25) is 0 Å². The number of carboxylic acid groups (broad SMARTS) is 1. The van der Waals surface area contributed by atoms with E-state index in [4.69, 9.17) is 10.8 Å². The summed E-state index contributed by atoms with van der Waals surface area (Å²) >= 11 is 0. The number of carbonyl (C=O) groups is 2. The first-order valence-electron chi connectivity index (χ1n) is 6.06. The minimum absolute atomic E-state index is 0.0118. The summed E-state index contributed by atoms with van der Waals surface area (Å²) in [6.07, 6.45) is -4.83. The summed E-state index contributed by atoms with van der Waals surface area (Å²) in [6, 6.07) is 8.51. The zero-order valence-corrected chi connectivity index (χ0v) is 11.0. The van der Waals surface area contributed by atoms with Crippen molar-refractivity contribution in [2.24, 2.45) is 0 Å². The van der Waals surface area contributed by atoms with Crippen LogP contribution in [0.15, 0.2) is 42.5 Å². The van der Waals surface area contributed by atoms with Crippen LogP contribution in [0.1, 0.15) is 31.8 Å². The molecule has 0 aliphatic heterocycles. The average Bonchev–Trinajstić information content (AvgIpc) is 2.45. The molecule has 0 unspecified atom stereocenters. The largest absolute Gasteiger partial charge is 0.478 e. The highest BCUT2D eigenvalue weighted by molar-refractivity contribution is 6.15. The van der Waals surface area contributed by atoms with E-state index in [0.29, 0.717) is 6.07 Å². The van der Waals surface area contributed by atoms with Crippen molar-refractivity contribution in [1.82, 2.24) is 0 Å². The second-order valence-electron chi connectivity index (χ2n) is 4.45. The molecule has 0 aromatic heterocycles. The number of halogens is 3. The molecule has 2 aromatic carbocycles. The molecule has 0 saturated carbocycles. The first-order valence-corrected chi connectivity index (χ1v) is 6.06. The van der Waals surface area contributed by atoms with Crippen molar-refractivity contribution < 1.29 is 27.9 Å². The van der Waals surface area contributed by atoms with Crippen LogP contribution in [0, 0.1) is 0 Å². The number of rotatable bonds is 3. The van der Waals surface area contributed by atoms with Gasteiger partial charge in [-0.05, 0) is 12.1 Å². The number of carbonyl (C=O) groups excluding carboxylic acids is 1. The standard InChI is InChI=1S/C15H10F3NO3/c16-15(17,18)10-7-6-9(14(21)22)12(19)11(10)13(20)8-4-2-1-3-5-8/h1-7H,19H2,(H,21,22). The number of hydrogen-bond donors (Lipinski definition) is 2. The normalized spacial score (nSPS) is 11.2. The van der Waals surface area contributed by atoms with Crippen LogP contribution in [0.4, 0.5) is 18.9 Å². The number of benzene rings is 2. The third-order valence-corrected chi connectivity index (χ3v) is 3.04. The number of nitrogens with two attached hydrogens (primary N) is 1. The number of ketones is 1. The predicted molar refractivity (Wildman–Crippen MR) is 72.7 cm³/mol. The molecule has 114 valence electrons. The van der Waals surface area contributed by atoms with E-state index in [1.54, 1.807) is 6.07 Å². The Balaban J connectivity index is 2.73. The van der Waals surface area contributed by atoms with Crippen molar-refractivity contribution in [3.05, 3.63) is 64.7 Å². The monoisotopic (exact) mass is 309 g/mol. The quantitative estimate of drug-likeness (QED) is 0.674. The van der Waals surface area contributed by atoms with E-state index >= 15 is 0 Å². The molecule has 0 aliphatic rings. The lowest BCUT2D eigenvalue weighted by atomic mass is 9.93. The summed E-state index contributed by atoms with van der Waals surface area (Å²) in [4.78, 5) is 23.4. The Kier molecular flexibility index (Phi) is 3.90. The number of nitrogen functional groups attached to an aromatic ring is 1. The van der Waals surface area contributed by atoms with Gasteiger partial charge in [0.1, 0.15) is 0 Å². The van der Waals surface area contributed by atoms with Gasteiger partial charge in [-0.2, -0.15) is 13.2 Å². The number of alkyl halides is 3. The third kappa shape index (κ3) is 2.78. The molecule has 7 heteroatoms. The lowest BCUT2D eigenvalue weighted by Crippen LogP contribution is -2.18. The topological polar surface area (TPSA) is 80.4 Å². The maximum Gasteiger partial charge on any atom is 0.417 e. The van der Waals surface area contributed by atoms with Crippen molar-refractivity contribution >= 4 is 17.4 Å². The molecule has 0 bridgehead atoms. The van der Waals surface area contributed by atoms with E-state index in [0.717, 1.165) is 6.07 Å². The van der Waals surface area contributed by atoms with Gasteiger partial charge >= 0.3 is 12.1 Å². The van der Waals surface area contributed by atoms with Crippen molar-refractivity contribution in [3.63, 3.8) is 0 Å². The summed E-state index contributed by atoms with van der Waals surface area (Å²) in [7, 11) is 0. The van der Waals surface area contributed by atoms with Crippen LogP contribution in [-0.2, 0) is 6.18 Å². The maximum absolute atomic E-state index is 13.1. The molecule has 0 fully saturated rings. The second kappa shape index (κ2) is 5.51. The van der Waals surface area contributed by atoms with Gasteiger partial charge in [-0.25, -0.2) is 4.79 Å². The molecule has 3 N–H and O–H groups in total. The Labute approximate surface area is 123 Å². The molecule has 0 radical (unpaired) electrons. The van der Waals surface area contributed by atoms with Gasteiger partial charge in [-0.3, -0.25) is 4.79 Å². The van der Waals surface area contributed by atoms with E-state index in [1.165, 1.54) is 24.3 Å². The van der Waals surface area contributed by atoms with Gasteiger partial charge in [0.05, 0.1) is 22.4 Å². The molecular weight excluding hydrogens is 299 g/mol. The summed E-state index contributed by atoms with van der Waals surface area (Å²) < 4.78 is 39.2. The molecule has 0 heterocycles. The van der Waals surface area contributed by atoms with E-state index in [-0.39, 0.29) is 5.56 Å². The maximum atomic E-state index is 13.1. The fourth-order valence-corrected chi connectivity index (χ4v) is 2.02. The molecule has 0 aliphatic carbocycles. The van der Waals surface area contributed by atoms with Crippen molar-refractivity contribution in [3.8, 4) is 0 Å². The van der Waals surface area contributed by atoms with Gasteiger partial charge in [0, 0.05) is 5.56 Å². The van der Waals surface area contributed by atoms with E-state index in [9.17, 15) is 22.8 Å². The van der Waals surface area contributed by atoms with Crippen LogP contribution < -0.4 is 5.73 Å². The third-order valence-electron chi connectivity index (χ3n) is 3.04. The number of carboxylic acids is 1. The number of hydrogen-bond acceptors (Lipinski definition) is 3. The van der Waals surface area contributed by atoms with Gasteiger partial charge in [-0.15, -0.1) is 0 Å². The highest BCUT2D eigenvalue weighted by atomic mass is 19.4. The van der Waals surface area contributed by atoms with Crippen LogP contribution in [0.2, 0.25) is 0 Å². The smallest absolute Gasteiger partial charge is 0.417 e. The van der Waals surface area contributed by atoms with Crippen LogP contribution in [0.25, 0.3) is 0 Å². The highest BCUT2D eigenvalue weighted by Crippen LogP contribution is 2.36. The fourth-order valence-electron chi connectivity index (χ4n) is 2.02.